The number of nitrogens with one attached hydrogen (secondary N) is 2. The van der Waals surface area contributed by atoms with E-state index in [0.29, 0.717) is 22.9 Å². The summed E-state index contributed by atoms with van der Waals surface area (Å²) in [4.78, 5) is 15.3. The summed E-state index contributed by atoms with van der Waals surface area (Å²) in [5.41, 5.74) is 1.47. The van der Waals surface area contributed by atoms with Gasteiger partial charge in [-0.15, -0.1) is 11.3 Å². The molecule has 0 saturated carbocycles. The fourth-order valence-electron chi connectivity index (χ4n) is 1.77. The van der Waals surface area contributed by atoms with Crippen LogP contribution in [0, 0.1) is 11.7 Å². The maximum Gasteiger partial charge on any atom is 0.221 e. The number of thiazole rings is 1. The molecule has 1 heterocycles. The lowest BCUT2D eigenvalue weighted by atomic mass is 10.1. The van der Waals surface area contributed by atoms with E-state index in [2.05, 4.69) is 29.5 Å². The van der Waals surface area contributed by atoms with E-state index >= 15 is 0 Å². The second-order valence-electron chi connectivity index (χ2n) is 5.19. The highest BCUT2D eigenvalue weighted by Crippen LogP contribution is 2.28. The third-order valence-electron chi connectivity index (χ3n) is 2.73. The summed E-state index contributed by atoms with van der Waals surface area (Å²) in [6.07, 6.45) is 0. The Morgan fingerprint density at radius 3 is 2.81 bits per heavy atom. The van der Waals surface area contributed by atoms with Gasteiger partial charge in [-0.05, 0) is 24.1 Å². The SMILES string of the molecule is CC(=O)Nc1ccc(-c2csc(NCC(C)C)n2)c(F)c1. The first-order valence-electron chi connectivity index (χ1n) is 6.72. The minimum Gasteiger partial charge on any atom is -0.361 e. The first-order chi connectivity index (χ1) is 9.95. The third kappa shape index (κ3) is 4.26. The number of hydrogen-bond donors (Lipinski definition) is 2. The molecule has 0 radical (unpaired) electrons. The van der Waals surface area contributed by atoms with Crippen molar-refractivity contribution in [1.82, 2.24) is 4.98 Å². The van der Waals surface area contributed by atoms with Gasteiger partial charge in [-0.3, -0.25) is 4.79 Å². The van der Waals surface area contributed by atoms with Crippen molar-refractivity contribution in [3.8, 4) is 11.3 Å². The molecule has 2 N–H and O–H groups in total. The second kappa shape index (κ2) is 6.67. The molecular weight excluding hydrogens is 289 g/mol. The van der Waals surface area contributed by atoms with Gasteiger partial charge in [-0.2, -0.15) is 0 Å². The zero-order chi connectivity index (χ0) is 15.4. The molecular formula is C15H18FN3OS. The van der Waals surface area contributed by atoms with E-state index in [1.165, 1.54) is 24.3 Å². The van der Waals surface area contributed by atoms with E-state index in [1.54, 1.807) is 12.1 Å². The van der Waals surface area contributed by atoms with Gasteiger partial charge in [-0.25, -0.2) is 9.37 Å². The van der Waals surface area contributed by atoms with Crippen molar-refractivity contribution in [2.45, 2.75) is 20.8 Å². The Labute approximate surface area is 127 Å². The summed E-state index contributed by atoms with van der Waals surface area (Å²) < 4.78 is 14.1. The van der Waals surface area contributed by atoms with Crippen LogP contribution in [0.4, 0.5) is 15.2 Å². The summed E-state index contributed by atoms with van der Waals surface area (Å²) in [5, 5.41) is 8.37. The number of carbonyl (C=O) groups is 1. The summed E-state index contributed by atoms with van der Waals surface area (Å²) in [5.74, 6) is -0.107. The van der Waals surface area contributed by atoms with Gasteiger partial charge in [0.2, 0.25) is 5.91 Å². The van der Waals surface area contributed by atoms with Gasteiger partial charge in [0.1, 0.15) is 5.82 Å². The van der Waals surface area contributed by atoms with Crippen molar-refractivity contribution in [2.24, 2.45) is 5.92 Å². The molecule has 21 heavy (non-hydrogen) atoms. The van der Waals surface area contributed by atoms with Gasteiger partial charge in [0.15, 0.2) is 5.13 Å². The van der Waals surface area contributed by atoms with Crippen molar-refractivity contribution in [1.29, 1.82) is 0 Å². The number of aromatic nitrogens is 1. The van der Waals surface area contributed by atoms with E-state index in [9.17, 15) is 9.18 Å². The van der Waals surface area contributed by atoms with Crippen LogP contribution in [0.15, 0.2) is 23.6 Å². The molecule has 2 rings (SSSR count). The summed E-state index contributed by atoms with van der Waals surface area (Å²) >= 11 is 1.45. The van der Waals surface area contributed by atoms with Gasteiger partial charge in [0, 0.05) is 30.1 Å². The van der Waals surface area contributed by atoms with Crippen LogP contribution in [0.2, 0.25) is 0 Å². The Balaban J connectivity index is 2.16. The molecule has 0 atom stereocenters. The maximum absolute atomic E-state index is 14.1. The largest absolute Gasteiger partial charge is 0.361 e. The summed E-state index contributed by atoms with van der Waals surface area (Å²) in [6, 6.07) is 4.60. The smallest absolute Gasteiger partial charge is 0.221 e. The monoisotopic (exact) mass is 307 g/mol. The van der Waals surface area contributed by atoms with E-state index < -0.39 is 5.82 Å². The molecule has 0 bridgehead atoms. The average molecular weight is 307 g/mol. The van der Waals surface area contributed by atoms with Gasteiger partial charge >= 0.3 is 0 Å². The fraction of sp³-hybridized carbons (Fsp3) is 0.333. The van der Waals surface area contributed by atoms with E-state index in [4.69, 9.17) is 0 Å². The number of halogens is 1. The molecule has 6 heteroatoms. The lowest BCUT2D eigenvalue weighted by Crippen LogP contribution is -2.07. The standard InChI is InChI=1S/C15H18FN3OS/c1-9(2)7-17-15-19-14(8-21-15)12-5-4-11(6-13(12)16)18-10(3)20/h4-6,8-9H,7H2,1-3H3,(H,17,19)(H,18,20). The van der Waals surface area contributed by atoms with Crippen LogP contribution in [-0.4, -0.2) is 17.4 Å². The predicted octanol–water partition coefficient (Wildman–Crippen LogP) is 3.98. The van der Waals surface area contributed by atoms with Crippen LogP contribution in [-0.2, 0) is 4.79 Å². The molecule has 4 nitrogen and oxygen atoms in total. The lowest BCUT2D eigenvalue weighted by molar-refractivity contribution is -0.114. The van der Waals surface area contributed by atoms with Crippen molar-refractivity contribution in [2.75, 3.05) is 17.2 Å². The quantitative estimate of drug-likeness (QED) is 0.878. The van der Waals surface area contributed by atoms with Crippen LogP contribution in [0.1, 0.15) is 20.8 Å². The highest BCUT2D eigenvalue weighted by atomic mass is 32.1. The van der Waals surface area contributed by atoms with Crippen molar-refractivity contribution in [3.63, 3.8) is 0 Å². The second-order valence-corrected chi connectivity index (χ2v) is 6.05. The molecule has 0 aliphatic rings. The number of rotatable bonds is 5. The molecule has 1 amide bonds. The number of amides is 1. The molecule has 2 aromatic rings. The third-order valence-corrected chi connectivity index (χ3v) is 3.53. The van der Waals surface area contributed by atoms with Gasteiger partial charge in [-0.1, -0.05) is 13.8 Å². The highest BCUT2D eigenvalue weighted by molar-refractivity contribution is 7.14. The summed E-state index contributed by atoms with van der Waals surface area (Å²) in [6.45, 7) is 6.44. The first-order valence-corrected chi connectivity index (χ1v) is 7.60. The molecule has 0 unspecified atom stereocenters. The van der Waals surface area contributed by atoms with Crippen molar-refractivity contribution < 1.29 is 9.18 Å². The number of hydrogen-bond acceptors (Lipinski definition) is 4. The Morgan fingerprint density at radius 2 is 2.19 bits per heavy atom. The van der Waals surface area contributed by atoms with Gasteiger partial charge in [0.25, 0.3) is 0 Å². The van der Waals surface area contributed by atoms with Crippen molar-refractivity contribution in [3.05, 3.63) is 29.4 Å². The molecule has 1 aromatic carbocycles. The molecule has 0 aliphatic carbocycles. The number of nitrogens with zero attached hydrogens (tertiary/aromatic N) is 1. The lowest BCUT2D eigenvalue weighted by Gasteiger charge is -2.06. The predicted molar refractivity (Wildman–Crippen MR) is 85.1 cm³/mol. The zero-order valence-electron chi connectivity index (χ0n) is 12.2. The first kappa shape index (κ1) is 15.4. The minimum atomic E-state index is -0.401. The van der Waals surface area contributed by atoms with Crippen LogP contribution in [0.25, 0.3) is 11.3 Å². The zero-order valence-corrected chi connectivity index (χ0v) is 13.1. The van der Waals surface area contributed by atoms with Gasteiger partial charge < -0.3 is 10.6 Å². The average Bonchev–Trinajstić information content (AvgIpc) is 2.84. The highest BCUT2D eigenvalue weighted by Gasteiger charge is 2.11. The van der Waals surface area contributed by atoms with Crippen LogP contribution < -0.4 is 10.6 Å². The maximum atomic E-state index is 14.1. The van der Waals surface area contributed by atoms with Crippen LogP contribution >= 0.6 is 11.3 Å². The van der Waals surface area contributed by atoms with Crippen molar-refractivity contribution >= 4 is 28.1 Å². The Bertz CT molecular complexity index is 640. The van der Waals surface area contributed by atoms with E-state index in [1.807, 2.05) is 5.38 Å². The number of carbonyl (C=O) groups excluding carboxylic acids is 1. The Kier molecular flexibility index (Phi) is 4.90. The molecule has 0 aliphatic heterocycles. The summed E-state index contributed by atoms with van der Waals surface area (Å²) in [7, 11) is 0. The molecule has 0 spiro atoms. The fourth-order valence-corrected chi connectivity index (χ4v) is 2.49. The molecule has 1 aromatic heterocycles. The minimum absolute atomic E-state index is 0.226. The van der Waals surface area contributed by atoms with Gasteiger partial charge in [0.05, 0.1) is 5.69 Å². The van der Waals surface area contributed by atoms with Crippen LogP contribution in [0.3, 0.4) is 0 Å². The van der Waals surface area contributed by atoms with Crippen LogP contribution in [0.5, 0.6) is 0 Å². The Hall–Kier alpha value is -1.95. The molecule has 0 fully saturated rings. The van der Waals surface area contributed by atoms with E-state index in [-0.39, 0.29) is 5.91 Å². The Morgan fingerprint density at radius 1 is 1.43 bits per heavy atom. The molecule has 0 saturated heterocycles. The normalized spacial score (nSPS) is 10.7. The molecule has 112 valence electrons. The number of anilines is 2. The topological polar surface area (TPSA) is 54.0 Å². The van der Waals surface area contributed by atoms with E-state index in [0.717, 1.165) is 11.7 Å². The number of benzene rings is 1.